The Kier molecular flexibility index (Phi) is 2.17. The molecule has 2 nitrogen and oxygen atoms in total. The van der Waals surface area contributed by atoms with Gasteiger partial charge in [0.25, 0.3) is 0 Å². The number of likely N-dealkylation sites (tertiary alicyclic amines) is 1. The molecule has 3 heteroatoms. The van der Waals surface area contributed by atoms with Crippen LogP contribution in [0.2, 0.25) is 0 Å². The summed E-state index contributed by atoms with van der Waals surface area (Å²) in [6.07, 6.45) is 1.12. The standard InChI is InChI=1S/C9H14N2S/c1-11-5-4-7(10)9(11)8-3-2-6-12-8/h2-3,6-7,9H,4-5,10H2,1H3. The minimum absolute atomic E-state index is 0.327. The van der Waals surface area contributed by atoms with E-state index in [0.717, 1.165) is 13.0 Å². The fraction of sp³-hybridized carbons (Fsp3) is 0.556. The van der Waals surface area contributed by atoms with Crippen molar-refractivity contribution in [2.45, 2.75) is 18.5 Å². The molecule has 0 bridgehead atoms. The second-order valence-corrected chi connectivity index (χ2v) is 4.37. The summed E-state index contributed by atoms with van der Waals surface area (Å²) in [5.74, 6) is 0. The predicted molar refractivity (Wildman–Crippen MR) is 52.3 cm³/mol. The molecule has 0 spiro atoms. The van der Waals surface area contributed by atoms with Crippen molar-refractivity contribution in [2.24, 2.45) is 5.73 Å². The second-order valence-electron chi connectivity index (χ2n) is 3.39. The summed E-state index contributed by atoms with van der Waals surface area (Å²) in [6.45, 7) is 1.13. The van der Waals surface area contributed by atoms with E-state index < -0.39 is 0 Å². The van der Waals surface area contributed by atoms with E-state index in [-0.39, 0.29) is 0 Å². The van der Waals surface area contributed by atoms with Gasteiger partial charge >= 0.3 is 0 Å². The maximum absolute atomic E-state index is 6.03. The Morgan fingerprint density at radius 1 is 1.67 bits per heavy atom. The lowest BCUT2D eigenvalue weighted by molar-refractivity contribution is 0.308. The summed E-state index contributed by atoms with van der Waals surface area (Å²) < 4.78 is 0. The smallest absolute Gasteiger partial charge is 0.0591 e. The van der Waals surface area contributed by atoms with E-state index in [1.165, 1.54) is 4.88 Å². The van der Waals surface area contributed by atoms with Crippen LogP contribution in [0.3, 0.4) is 0 Å². The van der Waals surface area contributed by atoms with Gasteiger partial charge in [0.15, 0.2) is 0 Å². The van der Waals surface area contributed by atoms with Gasteiger partial charge in [-0.15, -0.1) is 11.3 Å². The number of likely N-dealkylation sites (N-methyl/N-ethyl adjacent to an activating group) is 1. The first-order valence-electron chi connectivity index (χ1n) is 4.28. The highest BCUT2D eigenvalue weighted by Gasteiger charge is 2.30. The van der Waals surface area contributed by atoms with Gasteiger partial charge in [0.2, 0.25) is 0 Å². The van der Waals surface area contributed by atoms with Gasteiger partial charge in [0.05, 0.1) is 6.04 Å². The van der Waals surface area contributed by atoms with Crippen molar-refractivity contribution in [3.63, 3.8) is 0 Å². The number of rotatable bonds is 1. The van der Waals surface area contributed by atoms with Crippen LogP contribution in [0, 0.1) is 0 Å². The average Bonchev–Trinajstić information content (AvgIpc) is 2.61. The molecule has 1 saturated heterocycles. The van der Waals surface area contributed by atoms with Crippen LogP contribution in [-0.4, -0.2) is 24.5 Å². The Morgan fingerprint density at radius 2 is 2.50 bits per heavy atom. The van der Waals surface area contributed by atoms with E-state index in [1.54, 1.807) is 11.3 Å². The molecular formula is C9H14N2S. The van der Waals surface area contributed by atoms with Crippen LogP contribution in [0.25, 0.3) is 0 Å². The van der Waals surface area contributed by atoms with Crippen LogP contribution in [-0.2, 0) is 0 Å². The molecule has 0 radical (unpaired) electrons. The van der Waals surface area contributed by atoms with Crippen molar-refractivity contribution >= 4 is 11.3 Å². The third-order valence-electron chi connectivity index (χ3n) is 2.53. The number of nitrogens with two attached hydrogens (primary N) is 1. The Labute approximate surface area is 77.0 Å². The normalized spacial score (nSPS) is 31.2. The summed E-state index contributed by atoms with van der Waals surface area (Å²) in [4.78, 5) is 3.75. The van der Waals surface area contributed by atoms with Gasteiger partial charge in [-0.25, -0.2) is 0 Å². The molecule has 2 atom stereocenters. The predicted octanol–water partition coefficient (Wildman–Crippen LogP) is 1.45. The summed E-state index contributed by atoms with van der Waals surface area (Å²) in [5, 5.41) is 2.12. The third kappa shape index (κ3) is 1.28. The van der Waals surface area contributed by atoms with Gasteiger partial charge in [-0.2, -0.15) is 0 Å². The fourth-order valence-electron chi connectivity index (χ4n) is 1.86. The van der Waals surface area contributed by atoms with Crippen LogP contribution in [0.1, 0.15) is 17.3 Å². The Balaban J connectivity index is 2.22. The second kappa shape index (κ2) is 3.17. The number of nitrogens with zero attached hydrogens (tertiary/aromatic N) is 1. The molecule has 2 N–H and O–H groups in total. The Bertz CT molecular complexity index is 235. The molecule has 1 aromatic rings. The Hall–Kier alpha value is -0.380. The molecule has 0 aliphatic carbocycles. The van der Waals surface area contributed by atoms with E-state index in [2.05, 4.69) is 29.5 Å². The maximum atomic E-state index is 6.03. The summed E-state index contributed by atoms with van der Waals surface area (Å²) in [5.41, 5.74) is 6.03. The minimum atomic E-state index is 0.327. The lowest BCUT2D eigenvalue weighted by atomic mass is 10.1. The van der Waals surface area contributed by atoms with E-state index in [4.69, 9.17) is 5.73 Å². The topological polar surface area (TPSA) is 29.3 Å². The van der Waals surface area contributed by atoms with Gasteiger partial charge in [-0.3, -0.25) is 4.90 Å². The van der Waals surface area contributed by atoms with Gasteiger partial charge in [-0.05, 0) is 24.9 Å². The van der Waals surface area contributed by atoms with Crippen LogP contribution in [0.4, 0.5) is 0 Å². The zero-order valence-electron chi connectivity index (χ0n) is 7.23. The quantitative estimate of drug-likeness (QED) is 0.712. The highest BCUT2D eigenvalue weighted by Crippen LogP contribution is 2.32. The highest BCUT2D eigenvalue weighted by molar-refractivity contribution is 7.10. The highest BCUT2D eigenvalue weighted by atomic mass is 32.1. The molecule has 66 valence electrons. The molecule has 12 heavy (non-hydrogen) atoms. The molecule has 0 aromatic carbocycles. The van der Waals surface area contributed by atoms with Gasteiger partial charge < -0.3 is 5.73 Å². The first kappa shape index (κ1) is 8.23. The average molecular weight is 182 g/mol. The Morgan fingerprint density at radius 3 is 3.00 bits per heavy atom. The third-order valence-corrected chi connectivity index (χ3v) is 3.47. The SMILES string of the molecule is CN1CCC(N)C1c1cccs1. The molecule has 1 aliphatic rings. The first-order chi connectivity index (χ1) is 5.79. The van der Waals surface area contributed by atoms with E-state index in [1.807, 2.05) is 0 Å². The molecule has 1 aromatic heterocycles. The molecule has 1 fully saturated rings. The largest absolute Gasteiger partial charge is 0.326 e. The fourth-order valence-corrected chi connectivity index (χ4v) is 2.83. The molecular weight excluding hydrogens is 168 g/mol. The molecule has 2 rings (SSSR count). The van der Waals surface area contributed by atoms with E-state index in [0.29, 0.717) is 12.1 Å². The van der Waals surface area contributed by atoms with Crippen molar-refractivity contribution in [3.05, 3.63) is 22.4 Å². The monoisotopic (exact) mass is 182 g/mol. The summed E-state index contributed by atoms with van der Waals surface area (Å²) in [6, 6.07) is 5.06. The van der Waals surface area contributed by atoms with Crippen LogP contribution < -0.4 is 5.73 Å². The number of thiophene rings is 1. The van der Waals surface area contributed by atoms with Crippen molar-refractivity contribution in [1.29, 1.82) is 0 Å². The van der Waals surface area contributed by atoms with Crippen LogP contribution in [0.15, 0.2) is 17.5 Å². The minimum Gasteiger partial charge on any atom is -0.326 e. The molecule has 0 saturated carbocycles. The van der Waals surface area contributed by atoms with Crippen LogP contribution in [0.5, 0.6) is 0 Å². The van der Waals surface area contributed by atoms with Gasteiger partial charge in [0, 0.05) is 17.5 Å². The molecule has 2 unspecified atom stereocenters. The van der Waals surface area contributed by atoms with Crippen molar-refractivity contribution in [2.75, 3.05) is 13.6 Å². The number of hydrogen-bond acceptors (Lipinski definition) is 3. The molecule has 2 heterocycles. The zero-order valence-corrected chi connectivity index (χ0v) is 8.05. The molecule has 0 amide bonds. The van der Waals surface area contributed by atoms with Crippen molar-refractivity contribution < 1.29 is 0 Å². The van der Waals surface area contributed by atoms with Gasteiger partial charge in [0.1, 0.15) is 0 Å². The maximum Gasteiger partial charge on any atom is 0.0591 e. The lowest BCUT2D eigenvalue weighted by Gasteiger charge is -2.20. The van der Waals surface area contributed by atoms with Crippen molar-refractivity contribution in [1.82, 2.24) is 4.90 Å². The van der Waals surface area contributed by atoms with Gasteiger partial charge in [-0.1, -0.05) is 6.07 Å². The van der Waals surface area contributed by atoms with E-state index >= 15 is 0 Å². The number of hydrogen-bond donors (Lipinski definition) is 1. The summed E-state index contributed by atoms with van der Waals surface area (Å²) >= 11 is 1.81. The molecule has 1 aliphatic heterocycles. The zero-order chi connectivity index (χ0) is 8.55. The van der Waals surface area contributed by atoms with E-state index in [9.17, 15) is 0 Å². The van der Waals surface area contributed by atoms with Crippen molar-refractivity contribution in [3.8, 4) is 0 Å². The first-order valence-corrected chi connectivity index (χ1v) is 5.16. The lowest BCUT2D eigenvalue weighted by Crippen LogP contribution is -2.28. The summed E-state index contributed by atoms with van der Waals surface area (Å²) in [7, 11) is 2.15. The van der Waals surface area contributed by atoms with Crippen LogP contribution >= 0.6 is 11.3 Å².